The first-order valence-electron chi connectivity index (χ1n) is 3.91. The fourth-order valence-electron chi connectivity index (χ4n) is 0.800. The summed E-state index contributed by atoms with van der Waals surface area (Å²) in [6, 6.07) is 10.3. The SMILES string of the molecule is CNCc1ccccc1.CNN.Cl. The van der Waals surface area contributed by atoms with Crippen molar-refractivity contribution in [3.8, 4) is 0 Å². The van der Waals surface area contributed by atoms with Crippen molar-refractivity contribution in [1.29, 1.82) is 0 Å². The van der Waals surface area contributed by atoms with E-state index in [0.717, 1.165) is 6.54 Å². The van der Waals surface area contributed by atoms with Gasteiger partial charge in [-0.25, -0.2) is 0 Å². The summed E-state index contributed by atoms with van der Waals surface area (Å²) in [4.78, 5) is 0. The lowest BCUT2D eigenvalue weighted by molar-refractivity contribution is 0.818. The summed E-state index contributed by atoms with van der Waals surface area (Å²) in [6.07, 6.45) is 0. The minimum atomic E-state index is 0. The molecule has 3 nitrogen and oxygen atoms in total. The number of rotatable bonds is 2. The van der Waals surface area contributed by atoms with Crippen LogP contribution in [0.2, 0.25) is 0 Å². The van der Waals surface area contributed by atoms with Crippen molar-refractivity contribution in [3.63, 3.8) is 0 Å². The monoisotopic (exact) mass is 203 g/mol. The highest BCUT2D eigenvalue weighted by molar-refractivity contribution is 5.85. The Balaban J connectivity index is 0. The molecule has 0 atom stereocenters. The molecule has 76 valence electrons. The minimum absolute atomic E-state index is 0. The van der Waals surface area contributed by atoms with Crippen LogP contribution in [0.15, 0.2) is 30.3 Å². The van der Waals surface area contributed by atoms with Gasteiger partial charge in [0.1, 0.15) is 0 Å². The van der Waals surface area contributed by atoms with Gasteiger partial charge in [-0.05, 0) is 19.7 Å². The van der Waals surface area contributed by atoms with Gasteiger partial charge < -0.3 is 5.32 Å². The molecule has 0 amide bonds. The molecule has 1 aromatic rings. The van der Waals surface area contributed by atoms with Crippen LogP contribution in [0.1, 0.15) is 5.56 Å². The molecule has 1 rings (SSSR count). The van der Waals surface area contributed by atoms with Crippen LogP contribution in [0.5, 0.6) is 0 Å². The third-order valence-corrected chi connectivity index (χ3v) is 1.22. The van der Waals surface area contributed by atoms with E-state index in [9.17, 15) is 0 Å². The van der Waals surface area contributed by atoms with Crippen molar-refractivity contribution < 1.29 is 0 Å². The number of nitrogens with two attached hydrogens (primary N) is 1. The van der Waals surface area contributed by atoms with Gasteiger partial charge in [0.15, 0.2) is 0 Å². The van der Waals surface area contributed by atoms with Crippen LogP contribution in [0, 0.1) is 0 Å². The largest absolute Gasteiger partial charge is 0.316 e. The molecule has 0 spiro atoms. The number of hydrogen-bond acceptors (Lipinski definition) is 3. The molecular weight excluding hydrogens is 186 g/mol. The zero-order valence-electron chi connectivity index (χ0n) is 8.08. The van der Waals surface area contributed by atoms with Gasteiger partial charge in [-0.2, -0.15) is 0 Å². The van der Waals surface area contributed by atoms with Gasteiger partial charge in [-0.1, -0.05) is 30.3 Å². The third kappa shape index (κ3) is 9.30. The molecule has 0 saturated heterocycles. The molecule has 4 heteroatoms. The topological polar surface area (TPSA) is 50.1 Å². The quantitative estimate of drug-likeness (QED) is 0.495. The van der Waals surface area contributed by atoms with Crippen molar-refractivity contribution in [2.45, 2.75) is 6.54 Å². The lowest BCUT2D eigenvalue weighted by atomic mass is 10.2. The Morgan fingerprint density at radius 3 is 2.00 bits per heavy atom. The standard InChI is InChI=1S/C8H11N.CH6N2.ClH/c1-9-7-8-5-3-2-4-6-8;1-3-2;/h2-6,9H,7H2,1H3;3H,2H2,1H3;1H. The van der Waals surface area contributed by atoms with Crippen molar-refractivity contribution in [3.05, 3.63) is 35.9 Å². The molecule has 0 aliphatic carbocycles. The van der Waals surface area contributed by atoms with Gasteiger partial charge in [0.25, 0.3) is 0 Å². The van der Waals surface area contributed by atoms with E-state index in [2.05, 4.69) is 28.7 Å². The maximum absolute atomic E-state index is 4.60. The highest BCUT2D eigenvalue weighted by Gasteiger charge is 1.83. The van der Waals surface area contributed by atoms with Crippen molar-refractivity contribution in [2.24, 2.45) is 5.84 Å². The normalized spacial score (nSPS) is 7.92. The highest BCUT2D eigenvalue weighted by atomic mass is 35.5. The molecule has 0 unspecified atom stereocenters. The molecule has 1 aromatic carbocycles. The lowest BCUT2D eigenvalue weighted by Gasteiger charge is -1.95. The van der Waals surface area contributed by atoms with Gasteiger partial charge in [-0.3, -0.25) is 11.3 Å². The van der Waals surface area contributed by atoms with Gasteiger partial charge in [0.2, 0.25) is 0 Å². The average molecular weight is 204 g/mol. The third-order valence-electron chi connectivity index (χ3n) is 1.22. The molecule has 0 aliphatic heterocycles. The predicted molar refractivity (Wildman–Crippen MR) is 59.7 cm³/mol. The summed E-state index contributed by atoms with van der Waals surface area (Å²) in [5.41, 5.74) is 3.58. The van der Waals surface area contributed by atoms with E-state index in [4.69, 9.17) is 0 Å². The predicted octanol–water partition coefficient (Wildman–Crippen LogP) is 0.907. The fourth-order valence-corrected chi connectivity index (χ4v) is 0.800. The summed E-state index contributed by atoms with van der Waals surface area (Å²) in [5, 5.41) is 3.08. The number of benzene rings is 1. The van der Waals surface area contributed by atoms with E-state index in [0.29, 0.717) is 0 Å². The highest BCUT2D eigenvalue weighted by Crippen LogP contribution is 1.95. The fraction of sp³-hybridized carbons (Fsp3) is 0.333. The van der Waals surface area contributed by atoms with Gasteiger partial charge >= 0.3 is 0 Å². The van der Waals surface area contributed by atoms with Crippen LogP contribution in [0.25, 0.3) is 0 Å². The Bertz CT molecular complexity index is 179. The zero-order chi connectivity index (χ0) is 9.23. The number of nitrogens with one attached hydrogen (secondary N) is 2. The average Bonchev–Trinajstić information content (AvgIpc) is 2.08. The summed E-state index contributed by atoms with van der Waals surface area (Å²) >= 11 is 0. The Morgan fingerprint density at radius 2 is 1.62 bits per heavy atom. The second kappa shape index (κ2) is 11.4. The number of hydrazine groups is 1. The molecule has 0 heterocycles. The van der Waals surface area contributed by atoms with E-state index in [-0.39, 0.29) is 12.4 Å². The number of halogens is 1. The first-order chi connectivity index (χ1) is 5.85. The van der Waals surface area contributed by atoms with Crippen LogP contribution in [-0.4, -0.2) is 14.1 Å². The van der Waals surface area contributed by atoms with Crippen molar-refractivity contribution >= 4 is 12.4 Å². The molecule has 13 heavy (non-hydrogen) atoms. The maximum atomic E-state index is 4.60. The maximum Gasteiger partial charge on any atom is 0.0202 e. The Kier molecular flexibility index (Phi) is 13.0. The zero-order valence-corrected chi connectivity index (χ0v) is 8.90. The molecule has 4 N–H and O–H groups in total. The Labute approximate surface area is 86.1 Å². The number of hydrogen-bond donors (Lipinski definition) is 3. The first-order valence-corrected chi connectivity index (χ1v) is 3.91. The molecule has 0 bridgehead atoms. The molecule has 0 aliphatic rings. The van der Waals surface area contributed by atoms with E-state index < -0.39 is 0 Å². The second-order valence-electron chi connectivity index (χ2n) is 2.30. The van der Waals surface area contributed by atoms with Crippen LogP contribution in [0.4, 0.5) is 0 Å². The summed E-state index contributed by atoms with van der Waals surface area (Å²) in [5.74, 6) is 4.60. The van der Waals surface area contributed by atoms with Crippen molar-refractivity contribution in [1.82, 2.24) is 10.7 Å². The molecule has 0 aromatic heterocycles. The Hall–Kier alpha value is -0.610. The van der Waals surface area contributed by atoms with E-state index in [1.807, 2.05) is 25.2 Å². The Morgan fingerprint density at radius 1 is 1.15 bits per heavy atom. The van der Waals surface area contributed by atoms with Crippen LogP contribution < -0.4 is 16.6 Å². The van der Waals surface area contributed by atoms with Gasteiger partial charge in [0.05, 0.1) is 0 Å². The summed E-state index contributed by atoms with van der Waals surface area (Å²) in [7, 11) is 3.60. The van der Waals surface area contributed by atoms with Crippen molar-refractivity contribution in [2.75, 3.05) is 14.1 Å². The van der Waals surface area contributed by atoms with E-state index in [1.165, 1.54) is 5.56 Å². The van der Waals surface area contributed by atoms with Crippen LogP contribution >= 0.6 is 12.4 Å². The van der Waals surface area contributed by atoms with E-state index >= 15 is 0 Å². The van der Waals surface area contributed by atoms with Crippen LogP contribution in [-0.2, 0) is 6.54 Å². The van der Waals surface area contributed by atoms with Gasteiger partial charge in [-0.15, -0.1) is 12.4 Å². The molecule has 0 saturated carbocycles. The summed E-state index contributed by atoms with van der Waals surface area (Å²) in [6.45, 7) is 0.959. The molecule has 0 radical (unpaired) electrons. The first kappa shape index (κ1) is 14.9. The minimum Gasteiger partial charge on any atom is -0.316 e. The molecular formula is C9H18ClN3. The van der Waals surface area contributed by atoms with Gasteiger partial charge in [0, 0.05) is 6.54 Å². The second-order valence-corrected chi connectivity index (χ2v) is 2.30. The summed E-state index contributed by atoms with van der Waals surface area (Å²) < 4.78 is 0. The lowest BCUT2D eigenvalue weighted by Crippen LogP contribution is -2.13. The van der Waals surface area contributed by atoms with E-state index in [1.54, 1.807) is 7.05 Å². The molecule has 0 fully saturated rings. The smallest absolute Gasteiger partial charge is 0.0202 e. The van der Waals surface area contributed by atoms with Crippen LogP contribution in [0.3, 0.4) is 0 Å².